The first-order valence-corrected chi connectivity index (χ1v) is 7.81. The number of carbonyl (C=O) groups excluding carboxylic acids is 1. The number of benzene rings is 1. The van der Waals surface area contributed by atoms with Crippen molar-refractivity contribution in [3.05, 3.63) is 40.4 Å². The van der Waals surface area contributed by atoms with Gasteiger partial charge in [-0.15, -0.1) is 0 Å². The molecule has 1 fully saturated rings. The minimum atomic E-state index is -1.29. The third-order valence-corrected chi connectivity index (χ3v) is 3.73. The largest absolute Gasteiger partial charge is 0.546 e. The third kappa shape index (κ3) is 3.69. The molecule has 2 heterocycles. The van der Waals surface area contributed by atoms with Crippen molar-refractivity contribution in [2.75, 3.05) is 13.2 Å². The molecule has 8 nitrogen and oxygen atoms in total. The first kappa shape index (κ1) is 16.3. The highest BCUT2D eigenvalue weighted by atomic mass is 32.1. The second-order valence-electron chi connectivity index (χ2n) is 5.14. The van der Waals surface area contributed by atoms with E-state index in [-0.39, 0.29) is 6.10 Å². The zero-order valence-corrected chi connectivity index (χ0v) is 13.5. The maximum atomic E-state index is 10.6. The van der Waals surface area contributed by atoms with Crippen LogP contribution in [-0.2, 0) is 9.53 Å². The summed E-state index contributed by atoms with van der Waals surface area (Å²) in [5.74, 6) is -0.291. The van der Waals surface area contributed by atoms with Crippen LogP contribution < -0.4 is 9.84 Å². The molecular weight excluding hydrogens is 332 g/mol. The number of H-pyrrole nitrogens is 1. The molecule has 0 saturated carbocycles. The Morgan fingerprint density at radius 1 is 1.58 bits per heavy atom. The van der Waals surface area contributed by atoms with Crippen LogP contribution in [0.5, 0.6) is 5.75 Å². The Labute approximate surface area is 142 Å². The molecule has 9 heteroatoms. The molecule has 0 radical (unpaired) electrons. The zero-order chi connectivity index (χ0) is 16.9. The third-order valence-electron chi connectivity index (χ3n) is 3.47. The molecular formula is C15H15N4O4S-. The van der Waals surface area contributed by atoms with E-state index in [4.69, 9.17) is 21.7 Å². The number of carboxylic acid groups (broad SMARTS) is 1. The predicted molar refractivity (Wildman–Crippen MR) is 85.3 cm³/mol. The summed E-state index contributed by atoms with van der Waals surface area (Å²) in [6.45, 7) is 0.158. The van der Waals surface area contributed by atoms with Crippen LogP contribution in [0.2, 0.25) is 0 Å². The van der Waals surface area contributed by atoms with Crippen molar-refractivity contribution in [2.45, 2.75) is 18.9 Å². The highest BCUT2D eigenvalue weighted by Gasteiger charge is 2.23. The van der Waals surface area contributed by atoms with E-state index >= 15 is 0 Å². The average Bonchev–Trinajstić information content (AvgIpc) is 3.21. The molecule has 3 rings (SSSR count). The maximum Gasteiger partial charge on any atom is 0.216 e. The van der Waals surface area contributed by atoms with E-state index in [1.165, 1.54) is 10.9 Å². The number of nitrogens with one attached hydrogen (secondary N) is 1. The minimum Gasteiger partial charge on any atom is -0.546 e. The summed E-state index contributed by atoms with van der Waals surface area (Å²) in [6, 6.07) is 6.94. The summed E-state index contributed by atoms with van der Waals surface area (Å²) in [7, 11) is 0. The van der Waals surface area contributed by atoms with E-state index in [1.807, 2.05) is 0 Å². The fraction of sp³-hybridized carbons (Fsp3) is 0.333. The van der Waals surface area contributed by atoms with Gasteiger partial charge in [-0.1, -0.05) is 12.1 Å². The Morgan fingerprint density at radius 3 is 3.17 bits per heavy atom. The molecule has 1 aromatic heterocycles. The molecule has 126 valence electrons. The molecule has 0 bridgehead atoms. The molecule has 1 atom stereocenters. The number of hydrogen-bond acceptors (Lipinski definition) is 7. The summed E-state index contributed by atoms with van der Waals surface area (Å²) >= 11 is 5.20. The summed E-state index contributed by atoms with van der Waals surface area (Å²) in [5, 5.41) is 21.8. The van der Waals surface area contributed by atoms with Gasteiger partial charge in [-0.3, -0.25) is 5.10 Å². The Bertz CT molecular complexity index is 808. The Morgan fingerprint density at radius 2 is 2.42 bits per heavy atom. The lowest BCUT2D eigenvalue weighted by molar-refractivity contribution is -0.307. The second kappa shape index (κ2) is 7.37. The Balaban J connectivity index is 1.85. The maximum absolute atomic E-state index is 10.6. The van der Waals surface area contributed by atoms with Gasteiger partial charge in [-0.2, -0.15) is 14.9 Å². The van der Waals surface area contributed by atoms with E-state index in [2.05, 4.69) is 15.3 Å². The molecule has 0 unspecified atom stereocenters. The number of carbonyl (C=O) groups is 1. The topological polar surface area (TPSA) is 105 Å². The van der Waals surface area contributed by atoms with Crippen LogP contribution in [0.25, 0.3) is 0 Å². The van der Waals surface area contributed by atoms with Crippen molar-refractivity contribution in [2.24, 2.45) is 5.10 Å². The normalized spacial score (nSPS) is 17.4. The fourth-order valence-electron chi connectivity index (χ4n) is 2.38. The lowest BCUT2D eigenvalue weighted by Gasteiger charge is -2.10. The van der Waals surface area contributed by atoms with Crippen molar-refractivity contribution in [1.29, 1.82) is 0 Å². The van der Waals surface area contributed by atoms with Gasteiger partial charge in [0.15, 0.2) is 5.82 Å². The van der Waals surface area contributed by atoms with Crippen LogP contribution in [0.1, 0.15) is 30.3 Å². The first-order valence-electron chi connectivity index (χ1n) is 7.40. The van der Waals surface area contributed by atoms with Crippen LogP contribution in [0.3, 0.4) is 0 Å². The van der Waals surface area contributed by atoms with E-state index in [0.717, 1.165) is 12.8 Å². The quantitative estimate of drug-likeness (QED) is 0.612. The molecule has 24 heavy (non-hydrogen) atoms. The average molecular weight is 347 g/mol. The summed E-state index contributed by atoms with van der Waals surface area (Å²) in [6.07, 6.45) is 3.22. The van der Waals surface area contributed by atoms with Crippen LogP contribution in [0.15, 0.2) is 29.4 Å². The Kier molecular flexibility index (Phi) is 5.02. The number of para-hydroxylation sites is 1. The van der Waals surface area contributed by atoms with Crippen molar-refractivity contribution < 1.29 is 19.4 Å². The van der Waals surface area contributed by atoms with E-state index in [0.29, 0.717) is 28.5 Å². The zero-order valence-electron chi connectivity index (χ0n) is 12.7. The summed E-state index contributed by atoms with van der Waals surface area (Å²) in [4.78, 5) is 10.6. The summed E-state index contributed by atoms with van der Waals surface area (Å²) < 4.78 is 12.7. The monoisotopic (exact) mass is 347 g/mol. The molecule has 1 aliphatic rings. The van der Waals surface area contributed by atoms with E-state index < -0.39 is 12.6 Å². The molecule has 0 amide bonds. The number of carboxylic acids is 1. The number of hydrogen-bond donors (Lipinski definition) is 1. The highest BCUT2D eigenvalue weighted by Crippen LogP contribution is 2.27. The second-order valence-corrected chi connectivity index (χ2v) is 5.53. The summed E-state index contributed by atoms with van der Waals surface area (Å²) in [5.41, 5.74) is 0.611. The van der Waals surface area contributed by atoms with Gasteiger partial charge in [-0.05, 0) is 37.2 Å². The van der Waals surface area contributed by atoms with Gasteiger partial charge < -0.3 is 19.4 Å². The standard InChI is InChI=1S/C15H16N4O4S/c20-13(21)9-23-11-5-2-1-4-10(11)8-16-19-14(17-18-15(19)24)12-6-3-7-22-12/h1-2,4-5,8,12H,3,6-7,9H2,(H,18,24)(H,20,21)/p-1/b16-8-/t12-/m1/s1. The minimum absolute atomic E-state index is 0.139. The number of rotatable bonds is 6. The van der Waals surface area contributed by atoms with Crippen LogP contribution in [-0.4, -0.2) is 40.3 Å². The highest BCUT2D eigenvalue weighted by molar-refractivity contribution is 7.71. The lowest BCUT2D eigenvalue weighted by Crippen LogP contribution is -2.29. The van der Waals surface area contributed by atoms with E-state index in [1.54, 1.807) is 24.3 Å². The van der Waals surface area contributed by atoms with Crippen LogP contribution in [0.4, 0.5) is 0 Å². The van der Waals surface area contributed by atoms with Gasteiger partial charge in [0.1, 0.15) is 18.5 Å². The predicted octanol–water partition coefficient (Wildman–Crippen LogP) is 0.803. The molecule has 1 aromatic carbocycles. The smallest absolute Gasteiger partial charge is 0.216 e. The van der Waals surface area contributed by atoms with Crippen molar-refractivity contribution >= 4 is 24.4 Å². The SMILES string of the molecule is O=C([O-])COc1ccccc1/C=N\n1c([C@H]2CCCO2)n[nH]c1=S. The molecule has 2 aromatic rings. The van der Waals surface area contributed by atoms with Crippen LogP contribution >= 0.6 is 12.2 Å². The van der Waals surface area contributed by atoms with Crippen molar-refractivity contribution in [3.8, 4) is 5.75 Å². The van der Waals surface area contributed by atoms with Gasteiger partial charge in [0.05, 0.1) is 12.2 Å². The number of ether oxygens (including phenoxy) is 2. The number of aromatic amines is 1. The number of nitrogens with zero attached hydrogens (tertiary/aromatic N) is 3. The van der Waals surface area contributed by atoms with Gasteiger partial charge in [0.2, 0.25) is 4.77 Å². The van der Waals surface area contributed by atoms with E-state index in [9.17, 15) is 9.90 Å². The van der Waals surface area contributed by atoms with Gasteiger partial charge in [0.25, 0.3) is 0 Å². The fourth-order valence-corrected chi connectivity index (χ4v) is 2.57. The van der Waals surface area contributed by atoms with Crippen molar-refractivity contribution in [1.82, 2.24) is 14.9 Å². The molecule has 1 saturated heterocycles. The van der Waals surface area contributed by atoms with Gasteiger partial charge in [0, 0.05) is 12.2 Å². The Hall–Kier alpha value is -2.52. The first-order chi connectivity index (χ1) is 11.6. The number of aliphatic carboxylic acids is 1. The molecule has 1 aliphatic heterocycles. The molecule has 1 N–H and O–H groups in total. The number of aromatic nitrogens is 3. The molecule has 0 aliphatic carbocycles. The van der Waals surface area contributed by atoms with Gasteiger partial charge in [-0.25, -0.2) is 0 Å². The van der Waals surface area contributed by atoms with Crippen molar-refractivity contribution in [3.63, 3.8) is 0 Å². The molecule has 0 spiro atoms. The van der Waals surface area contributed by atoms with Crippen LogP contribution in [0, 0.1) is 4.77 Å². The lowest BCUT2D eigenvalue weighted by atomic mass is 10.2. The van der Waals surface area contributed by atoms with Gasteiger partial charge >= 0.3 is 0 Å².